The van der Waals surface area contributed by atoms with E-state index in [9.17, 15) is 4.79 Å². The van der Waals surface area contributed by atoms with Gasteiger partial charge in [-0.05, 0) is 31.6 Å². The highest BCUT2D eigenvalue weighted by atomic mass is 35.5. The van der Waals surface area contributed by atoms with Crippen LogP contribution in [0.5, 0.6) is 11.5 Å². The van der Waals surface area contributed by atoms with Crippen LogP contribution in [-0.4, -0.2) is 36.7 Å². The van der Waals surface area contributed by atoms with E-state index in [0.29, 0.717) is 5.75 Å². The molecule has 2 rings (SSSR count). The molecule has 1 atom stereocenters. The number of hydrogen-bond acceptors (Lipinski definition) is 4. The molecule has 1 aromatic carbocycles. The van der Waals surface area contributed by atoms with Gasteiger partial charge in [-0.15, -0.1) is 0 Å². The van der Waals surface area contributed by atoms with Crippen LogP contribution in [0.1, 0.15) is 40.0 Å². The molecule has 6 heteroatoms. The SMILES string of the molecule is CCCCC(C(=O)Nc1ccc2c(c1)OCO2)N(CC)CC.[Cl-]. The maximum absolute atomic E-state index is 12.7. The Hall–Kier alpha value is -1.46. The number of amides is 1. The van der Waals surface area contributed by atoms with Gasteiger partial charge in [-0.2, -0.15) is 0 Å². The number of halogens is 1. The van der Waals surface area contributed by atoms with Gasteiger partial charge in [0.15, 0.2) is 11.5 Å². The molecule has 0 fully saturated rings. The molecule has 1 heterocycles. The highest BCUT2D eigenvalue weighted by Gasteiger charge is 2.24. The molecule has 0 saturated heterocycles. The molecule has 23 heavy (non-hydrogen) atoms. The second-order valence-electron chi connectivity index (χ2n) is 5.44. The molecule has 0 bridgehead atoms. The zero-order chi connectivity index (χ0) is 15.9. The lowest BCUT2D eigenvalue weighted by molar-refractivity contribution is -0.121. The molecule has 0 aromatic heterocycles. The lowest BCUT2D eigenvalue weighted by atomic mass is 10.1. The number of carbonyl (C=O) groups is 1. The molecule has 0 radical (unpaired) electrons. The van der Waals surface area contributed by atoms with Gasteiger partial charge in [0.1, 0.15) is 0 Å². The zero-order valence-electron chi connectivity index (χ0n) is 14.1. The van der Waals surface area contributed by atoms with Crippen LogP contribution in [0.3, 0.4) is 0 Å². The van der Waals surface area contributed by atoms with Crippen molar-refractivity contribution in [2.45, 2.75) is 46.1 Å². The number of fused-ring (bicyclic) bond motifs is 1. The zero-order valence-corrected chi connectivity index (χ0v) is 14.9. The Labute approximate surface area is 144 Å². The number of rotatable bonds is 8. The first kappa shape index (κ1) is 19.6. The minimum Gasteiger partial charge on any atom is -1.00 e. The Kier molecular flexibility index (Phi) is 8.20. The fraction of sp³-hybridized carbons (Fsp3) is 0.588. The average molecular weight is 342 g/mol. The Bertz CT molecular complexity index is 507. The summed E-state index contributed by atoms with van der Waals surface area (Å²) in [5.41, 5.74) is 0.753. The molecule has 0 spiro atoms. The first-order valence-corrected chi connectivity index (χ1v) is 8.14. The van der Waals surface area contributed by atoms with Gasteiger partial charge >= 0.3 is 0 Å². The van der Waals surface area contributed by atoms with Gasteiger partial charge in [0.25, 0.3) is 0 Å². The van der Waals surface area contributed by atoms with Crippen molar-refractivity contribution in [3.8, 4) is 11.5 Å². The molecule has 1 aliphatic rings. The van der Waals surface area contributed by atoms with Crippen LogP contribution >= 0.6 is 0 Å². The van der Waals surface area contributed by atoms with E-state index in [1.165, 1.54) is 0 Å². The molecule has 1 N–H and O–H groups in total. The lowest BCUT2D eigenvalue weighted by Crippen LogP contribution is -3.00. The number of benzene rings is 1. The van der Waals surface area contributed by atoms with Crippen LogP contribution in [0.25, 0.3) is 0 Å². The van der Waals surface area contributed by atoms with E-state index < -0.39 is 0 Å². The Morgan fingerprint density at radius 3 is 2.57 bits per heavy atom. The van der Waals surface area contributed by atoms with E-state index in [2.05, 4.69) is 31.0 Å². The third-order valence-electron chi connectivity index (χ3n) is 4.03. The largest absolute Gasteiger partial charge is 1.00 e. The molecule has 1 aromatic rings. The van der Waals surface area contributed by atoms with Gasteiger partial charge < -0.3 is 27.2 Å². The predicted molar refractivity (Wildman–Crippen MR) is 87.4 cm³/mol. The van der Waals surface area contributed by atoms with E-state index in [1.54, 1.807) is 0 Å². The van der Waals surface area contributed by atoms with Crippen molar-refractivity contribution in [3.63, 3.8) is 0 Å². The fourth-order valence-corrected chi connectivity index (χ4v) is 2.74. The minimum atomic E-state index is -0.0830. The van der Waals surface area contributed by atoms with Crippen molar-refractivity contribution >= 4 is 11.6 Å². The van der Waals surface area contributed by atoms with Gasteiger partial charge in [0.2, 0.25) is 12.7 Å². The molecule has 0 aliphatic carbocycles. The molecule has 1 amide bonds. The summed E-state index contributed by atoms with van der Waals surface area (Å²) in [7, 11) is 0. The summed E-state index contributed by atoms with van der Waals surface area (Å²) in [6.07, 6.45) is 3.03. The van der Waals surface area contributed by atoms with E-state index in [1.807, 2.05) is 18.2 Å². The van der Waals surface area contributed by atoms with Crippen LogP contribution in [-0.2, 0) is 4.79 Å². The number of carbonyl (C=O) groups excluding carboxylic acids is 1. The number of likely N-dealkylation sites (N-methyl/N-ethyl adjacent to an activating group) is 1. The van der Waals surface area contributed by atoms with Crippen LogP contribution in [0, 0.1) is 0 Å². The van der Waals surface area contributed by atoms with Crippen molar-refractivity contribution in [1.82, 2.24) is 4.90 Å². The fourth-order valence-electron chi connectivity index (χ4n) is 2.74. The van der Waals surface area contributed by atoms with Crippen LogP contribution in [0.15, 0.2) is 18.2 Å². The average Bonchev–Trinajstić information content (AvgIpc) is 2.99. The molecule has 1 aliphatic heterocycles. The molecule has 5 nitrogen and oxygen atoms in total. The van der Waals surface area contributed by atoms with E-state index >= 15 is 0 Å². The maximum atomic E-state index is 12.7. The summed E-state index contributed by atoms with van der Waals surface area (Å²) in [6, 6.07) is 5.42. The Morgan fingerprint density at radius 1 is 1.22 bits per heavy atom. The van der Waals surface area contributed by atoms with Gasteiger partial charge in [-0.25, -0.2) is 0 Å². The third-order valence-corrected chi connectivity index (χ3v) is 4.03. The highest BCUT2D eigenvalue weighted by Crippen LogP contribution is 2.34. The van der Waals surface area contributed by atoms with Crippen LogP contribution in [0.2, 0.25) is 0 Å². The van der Waals surface area contributed by atoms with Crippen molar-refractivity contribution in [2.24, 2.45) is 0 Å². The molecule has 130 valence electrons. The third kappa shape index (κ3) is 5.01. The number of anilines is 1. The topological polar surface area (TPSA) is 50.8 Å². The summed E-state index contributed by atoms with van der Waals surface area (Å²) >= 11 is 0. The molecule has 0 saturated carbocycles. The van der Waals surface area contributed by atoms with Gasteiger partial charge in [0, 0.05) is 11.8 Å². The molecule has 1 unspecified atom stereocenters. The van der Waals surface area contributed by atoms with Crippen molar-refractivity contribution in [3.05, 3.63) is 18.2 Å². The van der Waals surface area contributed by atoms with Gasteiger partial charge in [-0.3, -0.25) is 9.69 Å². The summed E-state index contributed by atoms with van der Waals surface area (Å²) in [5.74, 6) is 1.46. The summed E-state index contributed by atoms with van der Waals surface area (Å²) in [6.45, 7) is 8.33. The first-order valence-electron chi connectivity index (χ1n) is 8.14. The van der Waals surface area contributed by atoms with E-state index in [-0.39, 0.29) is 31.1 Å². The summed E-state index contributed by atoms with van der Waals surface area (Å²) in [5, 5.41) is 3.01. The van der Waals surface area contributed by atoms with Gasteiger partial charge in [0.05, 0.1) is 6.04 Å². The Balaban J connectivity index is 0.00000264. The maximum Gasteiger partial charge on any atom is 0.241 e. The van der Waals surface area contributed by atoms with Crippen molar-refractivity contribution < 1.29 is 26.7 Å². The van der Waals surface area contributed by atoms with Gasteiger partial charge in [-0.1, -0.05) is 33.6 Å². The second-order valence-corrected chi connectivity index (χ2v) is 5.44. The summed E-state index contributed by atoms with van der Waals surface area (Å²) in [4.78, 5) is 14.9. The van der Waals surface area contributed by atoms with Crippen molar-refractivity contribution in [2.75, 3.05) is 25.2 Å². The molecular formula is C17H26ClN2O3-. The first-order chi connectivity index (χ1) is 10.7. The number of nitrogens with zero attached hydrogens (tertiary/aromatic N) is 1. The minimum absolute atomic E-state index is 0. The standard InChI is InChI=1S/C17H26N2O3.ClH/c1-4-7-8-14(19(5-2)6-3)17(20)18-13-9-10-15-16(11-13)22-12-21-15;/h9-11,14H,4-8,12H2,1-3H3,(H,18,20);1H/p-1. The number of unbranched alkanes of at least 4 members (excludes halogenated alkanes) is 1. The number of nitrogens with one attached hydrogen (secondary N) is 1. The second kappa shape index (κ2) is 9.63. The smallest absolute Gasteiger partial charge is 0.241 e. The number of hydrogen-bond donors (Lipinski definition) is 1. The van der Waals surface area contributed by atoms with E-state index in [0.717, 1.165) is 43.8 Å². The van der Waals surface area contributed by atoms with E-state index in [4.69, 9.17) is 9.47 Å². The molecular weight excluding hydrogens is 316 g/mol. The quantitative estimate of drug-likeness (QED) is 0.737. The van der Waals surface area contributed by atoms with Crippen LogP contribution < -0.4 is 27.2 Å². The lowest BCUT2D eigenvalue weighted by Gasteiger charge is -2.28. The highest BCUT2D eigenvalue weighted by molar-refractivity contribution is 5.95. The monoisotopic (exact) mass is 341 g/mol. The summed E-state index contributed by atoms with van der Waals surface area (Å²) < 4.78 is 10.6. The van der Waals surface area contributed by atoms with Crippen molar-refractivity contribution in [1.29, 1.82) is 0 Å². The van der Waals surface area contributed by atoms with Crippen LogP contribution in [0.4, 0.5) is 5.69 Å². The predicted octanol–water partition coefficient (Wildman–Crippen LogP) is 0.258. The number of ether oxygens (including phenoxy) is 2. The Morgan fingerprint density at radius 2 is 1.91 bits per heavy atom. The normalized spacial score (nSPS) is 13.6.